The Kier molecular flexibility index (Phi) is 4.49. The molecule has 2 rings (SSSR count). The lowest BCUT2D eigenvalue weighted by Gasteiger charge is -2.19. The number of halogens is 1. The van der Waals surface area contributed by atoms with Crippen LogP contribution in [0.25, 0.3) is 10.9 Å². The van der Waals surface area contributed by atoms with Crippen LogP contribution in [0.3, 0.4) is 0 Å². The summed E-state index contributed by atoms with van der Waals surface area (Å²) in [5.41, 5.74) is 2.01. The topological polar surface area (TPSA) is 51.2 Å². The van der Waals surface area contributed by atoms with Gasteiger partial charge in [0, 0.05) is 11.6 Å². The normalized spacial score (nSPS) is 11.7. The lowest BCUT2D eigenvalue weighted by Crippen LogP contribution is -2.27. The van der Waals surface area contributed by atoms with E-state index in [4.69, 9.17) is 16.3 Å². The molecule has 1 aromatic heterocycles. The third kappa shape index (κ3) is 3.93. The number of anilines is 1. The average molecular weight is 307 g/mol. The van der Waals surface area contributed by atoms with Crippen LogP contribution in [0.4, 0.5) is 5.69 Å². The summed E-state index contributed by atoms with van der Waals surface area (Å²) in [6, 6.07) is 5.51. The van der Waals surface area contributed by atoms with Gasteiger partial charge in [0.15, 0.2) is 0 Å². The number of aryl methyl sites for hydroxylation is 1. The predicted molar refractivity (Wildman–Crippen MR) is 85.8 cm³/mol. The van der Waals surface area contributed by atoms with Crippen molar-refractivity contribution in [3.05, 3.63) is 35.0 Å². The number of rotatable bonds is 3. The van der Waals surface area contributed by atoms with Gasteiger partial charge in [-0.25, -0.2) is 0 Å². The summed E-state index contributed by atoms with van der Waals surface area (Å²) in [6.45, 7) is 7.63. The molecule has 1 amide bonds. The maximum absolute atomic E-state index is 12.0. The van der Waals surface area contributed by atoms with E-state index in [0.29, 0.717) is 10.7 Å². The molecule has 0 saturated carbocycles. The molecule has 0 bridgehead atoms. The summed E-state index contributed by atoms with van der Waals surface area (Å²) in [4.78, 5) is 16.4. The quantitative estimate of drug-likeness (QED) is 0.934. The third-order valence-corrected chi connectivity index (χ3v) is 3.23. The minimum absolute atomic E-state index is 0.0184. The Morgan fingerprint density at radius 2 is 2.14 bits per heavy atom. The Morgan fingerprint density at radius 1 is 1.43 bits per heavy atom. The standard InChI is InChI=1S/C16H19ClN2O2/c1-10-8-12(17)15(11-6-5-7-18-14(10)11)19-13(20)9-21-16(2,3)4/h5-8H,9H2,1-4H3,(H,19,20). The molecule has 0 aliphatic rings. The fraction of sp³-hybridized carbons (Fsp3) is 0.375. The summed E-state index contributed by atoms with van der Waals surface area (Å²) in [5, 5.41) is 4.14. The van der Waals surface area contributed by atoms with Crippen LogP contribution in [0.2, 0.25) is 5.02 Å². The number of hydrogen-bond donors (Lipinski definition) is 1. The van der Waals surface area contributed by atoms with Crippen molar-refractivity contribution in [2.45, 2.75) is 33.3 Å². The average Bonchev–Trinajstić information content (AvgIpc) is 2.40. The molecular weight excluding hydrogens is 288 g/mol. The second kappa shape index (κ2) is 6.00. The van der Waals surface area contributed by atoms with Crippen molar-refractivity contribution < 1.29 is 9.53 Å². The molecule has 0 aliphatic heterocycles. The number of aromatic nitrogens is 1. The highest BCUT2D eigenvalue weighted by Gasteiger charge is 2.16. The van der Waals surface area contributed by atoms with Crippen molar-refractivity contribution in [3.8, 4) is 0 Å². The lowest BCUT2D eigenvalue weighted by atomic mass is 10.1. The van der Waals surface area contributed by atoms with Crippen molar-refractivity contribution in [1.29, 1.82) is 0 Å². The SMILES string of the molecule is Cc1cc(Cl)c(NC(=O)COC(C)(C)C)c2cccnc12. The number of hydrogen-bond acceptors (Lipinski definition) is 3. The molecule has 0 unspecified atom stereocenters. The molecule has 1 N–H and O–H groups in total. The highest BCUT2D eigenvalue weighted by molar-refractivity contribution is 6.35. The van der Waals surface area contributed by atoms with Gasteiger partial charge < -0.3 is 10.1 Å². The van der Waals surface area contributed by atoms with Crippen LogP contribution in [0, 0.1) is 6.92 Å². The molecule has 0 aliphatic carbocycles. The molecule has 5 heteroatoms. The van der Waals surface area contributed by atoms with Crippen molar-refractivity contribution in [1.82, 2.24) is 4.98 Å². The van der Waals surface area contributed by atoms with Crippen molar-refractivity contribution in [3.63, 3.8) is 0 Å². The second-order valence-electron chi connectivity index (χ2n) is 5.90. The van der Waals surface area contributed by atoms with Crippen LogP contribution in [0.15, 0.2) is 24.4 Å². The number of carbonyl (C=O) groups excluding carboxylic acids is 1. The maximum atomic E-state index is 12.0. The van der Waals surface area contributed by atoms with Crippen molar-refractivity contribution in [2.24, 2.45) is 0 Å². The Hall–Kier alpha value is -1.65. The van der Waals surface area contributed by atoms with E-state index >= 15 is 0 Å². The van der Waals surface area contributed by atoms with E-state index in [1.165, 1.54) is 0 Å². The summed E-state index contributed by atoms with van der Waals surface area (Å²) >= 11 is 6.26. The number of amides is 1. The number of carbonyl (C=O) groups is 1. The molecular formula is C16H19ClN2O2. The summed E-state index contributed by atoms with van der Waals surface area (Å²) in [6.07, 6.45) is 1.72. The minimum atomic E-state index is -0.363. The van der Waals surface area contributed by atoms with Crippen LogP contribution < -0.4 is 5.32 Å². The van der Waals surface area contributed by atoms with Gasteiger partial charge in [-0.2, -0.15) is 0 Å². The first-order valence-electron chi connectivity index (χ1n) is 6.75. The summed E-state index contributed by atoms with van der Waals surface area (Å²) < 4.78 is 5.47. The van der Waals surface area contributed by atoms with Gasteiger partial charge in [0.1, 0.15) is 6.61 Å². The summed E-state index contributed by atoms with van der Waals surface area (Å²) in [7, 11) is 0. The van der Waals surface area contributed by atoms with Crippen LogP contribution >= 0.6 is 11.6 Å². The van der Waals surface area contributed by atoms with Gasteiger partial charge in [0.25, 0.3) is 0 Å². The van der Waals surface area contributed by atoms with Crippen molar-refractivity contribution in [2.75, 3.05) is 11.9 Å². The predicted octanol–water partition coefficient (Wildman–Crippen LogP) is 3.95. The number of nitrogens with zero attached hydrogens (tertiary/aromatic N) is 1. The number of benzene rings is 1. The molecule has 2 aromatic rings. The van der Waals surface area contributed by atoms with E-state index in [2.05, 4.69) is 10.3 Å². The van der Waals surface area contributed by atoms with Crippen LogP contribution in [0.1, 0.15) is 26.3 Å². The van der Waals surface area contributed by atoms with E-state index < -0.39 is 0 Å². The van der Waals surface area contributed by atoms with Crippen LogP contribution in [-0.2, 0) is 9.53 Å². The van der Waals surface area contributed by atoms with E-state index in [0.717, 1.165) is 16.5 Å². The highest BCUT2D eigenvalue weighted by Crippen LogP contribution is 2.32. The molecule has 1 aromatic carbocycles. The third-order valence-electron chi connectivity index (χ3n) is 2.93. The molecule has 0 fully saturated rings. The zero-order valence-corrected chi connectivity index (χ0v) is 13.4. The fourth-order valence-electron chi connectivity index (χ4n) is 1.97. The van der Waals surface area contributed by atoms with Gasteiger partial charge >= 0.3 is 0 Å². The van der Waals surface area contributed by atoms with Gasteiger partial charge in [-0.05, 0) is 51.5 Å². The maximum Gasteiger partial charge on any atom is 0.250 e. The highest BCUT2D eigenvalue weighted by atomic mass is 35.5. The second-order valence-corrected chi connectivity index (χ2v) is 6.31. The first-order chi connectivity index (χ1) is 9.78. The molecule has 0 saturated heterocycles. The van der Waals surface area contributed by atoms with Gasteiger partial charge in [-0.1, -0.05) is 11.6 Å². The van der Waals surface area contributed by atoms with Crippen molar-refractivity contribution >= 4 is 34.1 Å². The Bertz CT molecular complexity index is 678. The summed E-state index contributed by atoms with van der Waals surface area (Å²) in [5.74, 6) is -0.235. The van der Waals surface area contributed by atoms with Crippen LogP contribution in [0.5, 0.6) is 0 Å². The molecule has 4 nitrogen and oxygen atoms in total. The number of nitrogens with one attached hydrogen (secondary N) is 1. The smallest absolute Gasteiger partial charge is 0.250 e. The zero-order chi connectivity index (χ0) is 15.6. The van der Waals surface area contributed by atoms with Gasteiger partial charge in [0.2, 0.25) is 5.91 Å². The molecule has 0 radical (unpaired) electrons. The van der Waals surface area contributed by atoms with E-state index in [9.17, 15) is 4.79 Å². The number of ether oxygens (including phenoxy) is 1. The van der Waals surface area contributed by atoms with Gasteiger partial charge in [-0.15, -0.1) is 0 Å². The zero-order valence-electron chi connectivity index (χ0n) is 12.7. The fourth-order valence-corrected chi connectivity index (χ4v) is 2.28. The van der Waals surface area contributed by atoms with Gasteiger partial charge in [0.05, 0.1) is 21.8 Å². The molecule has 0 atom stereocenters. The monoisotopic (exact) mass is 306 g/mol. The first kappa shape index (κ1) is 15.7. The van der Waals surface area contributed by atoms with E-state index in [1.54, 1.807) is 12.3 Å². The lowest BCUT2D eigenvalue weighted by molar-refractivity contribution is -0.125. The molecule has 112 valence electrons. The number of pyridine rings is 1. The van der Waals surface area contributed by atoms with E-state index in [-0.39, 0.29) is 18.1 Å². The first-order valence-corrected chi connectivity index (χ1v) is 7.13. The largest absolute Gasteiger partial charge is 0.366 e. The molecule has 0 spiro atoms. The minimum Gasteiger partial charge on any atom is -0.366 e. The molecule has 1 heterocycles. The van der Waals surface area contributed by atoms with E-state index in [1.807, 2.05) is 39.8 Å². The Labute approximate surface area is 129 Å². The molecule has 21 heavy (non-hydrogen) atoms. The number of fused-ring (bicyclic) bond motifs is 1. The Balaban J connectivity index is 2.28. The van der Waals surface area contributed by atoms with Gasteiger partial charge in [-0.3, -0.25) is 9.78 Å². The van der Waals surface area contributed by atoms with Crippen LogP contribution in [-0.4, -0.2) is 23.1 Å². The Morgan fingerprint density at radius 3 is 2.81 bits per heavy atom.